The van der Waals surface area contributed by atoms with Crippen molar-refractivity contribution in [2.24, 2.45) is 11.1 Å². The number of carbonyl (C=O) groups excluding carboxylic acids is 4. The maximum atomic E-state index is 14.0. The highest BCUT2D eigenvalue weighted by Gasteiger charge is 2.43. The lowest BCUT2D eigenvalue weighted by molar-refractivity contribution is -0.158. The lowest BCUT2D eigenvalue weighted by Gasteiger charge is -2.36. The highest BCUT2D eigenvalue weighted by Crippen LogP contribution is 2.30. The molecule has 0 bridgehead atoms. The molecule has 39 heavy (non-hydrogen) atoms. The van der Waals surface area contributed by atoms with Crippen molar-refractivity contribution in [2.45, 2.75) is 104 Å². The minimum Gasteiger partial charge on any atom is -0.459 e. The van der Waals surface area contributed by atoms with Crippen LogP contribution in [0.15, 0.2) is 16.1 Å². The fraction of sp³-hybridized carbons (Fsp3) is 0.704. The highest BCUT2D eigenvalue weighted by atomic mass is 32.2. The normalized spacial score (nSPS) is 19.0. The molecule has 0 unspecified atom stereocenters. The second kappa shape index (κ2) is 13.5. The number of rotatable bonds is 8. The Labute approximate surface area is 235 Å². The van der Waals surface area contributed by atoms with E-state index in [1.807, 2.05) is 13.8 Å². The number of ether oxygens (including phenoxy) is 2. The van der Waals surface area contributed by atoms with Crippen molar-refractivity contribution in [1.82, 2.24) is 15.1 Å². The zero-order valence-corrected chi connectivity index (χ0v) is 25.0. The lowest BCUT2D eigenvalue weighted by atomic mass is 10.0. The number of amides is 3. The van der Waals surface area contributed by atoms with E-state index in [-0.39, 0.29) is 18.2 Å². The van der Waals surface area contributed by atoms with Crippen LogP contribution >= 0.6 is 11.8 Å². The van der Waals surface area contributed by atoms with Gasteiger partial charge < -0.3 is 24.9 Å². The molecule has 1 saturated heterocycles. The Hall–Kier alpha value is -2.76. The molecule has 0 aromatic rings. The average Bonchev–Trinajstić information content (AvgIpc) is 3.49. The third kappa shape index (κ3) is 10.1. The van der Waals surface area contributed by atoms with Crippen LogP contribution in [0.4, 0.5) is 4.79 Å². The number of nitrogens with zero attached hydrogens (tertiary/aromatic N) is 3. The van der Waals surface area contributed by atoms with Crippen molar-refractivity contribution in [3.8, 4) is 0 Å². The summed E-state index contributed by atoms with van der Waals surface area (Å²) in [4.78, 5) is 56.5. The van der Waals surface area contributed by atoms with Gasteiger partial charge in [-0.1, -0.05) is 25.1 Å². The second-order valence-electron chi connectivity index (χ2n) is 12.0. The Morgan fingerprint density at radius 3 is 2.33 bits per heavy atom. The molecular weight excluding hydrogens is 524 g/mol. The van der Waals surface area contributed by atoms with Crippen molar-refractivity contribution >= 4 is 41.5 Å². The third-order valence-electron chi connectivity index (χ3n) is 5.67. The maximum absolute atomic E-state index is 14.0. The third-order valence-corrected chi connectivity index (χ3v) is 6.56. The maximum Gasteiger partial charge on any atom is 0.411 e. The van der Waals surface area contributed by atoms with E-state index < -0.39 is 53.7 Å². The van der Waals surface area contributed by atoms with Gasteiger partial charge in [-0.2, -0.15) is 0 Å². The minimum absolute atomic E-state index is 0.00617. The van der Waals surface area contributed by atoms with Gasteiger partial charge in [-0.15, -0.1) is 11.8 Å². The fourth-order valence-corrected chi connectivity index (χ4v) is 4.89. The van der Waals surface area contributed by atoms with Gasteiger partial charge in [-0.25, -0.2) is 4.79 Å². The minimum atomic E-state index is -1.07. The van der Waals surface area contributed by atoms with E-state index >= 15 is 0 Å². The number of likely N-dealkylation sites (tertiary alicyclic amines) is 1. The van der Waals surface area contributed by atoms with Crippen LogP contribution in [-0.2, 0) is 23.9 Å². The number of carbonyl (C=O) groups is 4. The Kier molecular flexibility index (Phi) is 11.3. The van der Waals surface area contributed by atoms with E-state index in [2.05, 4.69) is 16.2 Å². The molecule has 2 aliphatic rings. The van der Waals surface area contributed by atoms with Gasteiger partial charge in [-0.05, 0) is 73.1 Å². The molecule has 2 aliphatic heterocycles. The number of thioether (sulfide) groups is 1. The number of amidine groups is 1. The van der Waals surface area contributed by atoms with E-state index in [1.165, 1.54) is 16.7 Å². The standard InChI is InChI=1S/C27H42N4O7S/c1-17(2)15-19(31(25(35)38-27(6,7)8)16-21(32)37-26(3,4)5)24(34)30-13-9-11-18(30)23(33)28-22(29-36)20-12-10-14-39-20/h12,17-19,36H,9-11,13,15-16H2,1-8H3,(H,28,29,33)/t18-,19+/m0/s1. The first-order chi connectivity index (χ1) is 18.0. The van der Waals surface area contributed by atoms with Crippen LogP contribution in [0.5, 0.6) is 0 Å². The molecule has 2 N–H and O–H groups in total. The van der Waals surface area contributed by atoms with Gasteiger partial charge in [0.05, 0.1) is 10.7 Å². The molecule has 0 spiro atoms. The average molecular weight is 567 g/mol. The monoisotopic (exact) mass is 566 g/mol. The summed E-state index contributed by atoms with van der Waals surface area (Å²) in [5.74, 6) is 1.32. The van der Waals surface area contributed by atoms with Gasteiger partial charge in [-0.3, -0.25) is 19.3 Å². The van der Waals surface area contributed by atoms with Crippen molar-refractivity contribution in [2.75, 3.05) is 13.1 Å². The van der Waals surface area contributed by atoms with Gasteiger partial charge in [0.25, 0.3) is 0 Å². The Balaban J connectivity index is 2.35. The van der Waals surface area contributed by atoms with Gasteiger partial charge >= 0.3 is 12.1 Å². The molecule has 0 aliphatic carbocycles. The molecule has 12 heteroatoms. The van der Waals surface area contributed by atoms with Gasteiger partial charge in [0.2, 0.25) is 11.8 Å². The summed E-state index contributed by atoms with van der Waals surface area (Å²) in [5, 5.41) is 15.3. The van der Waals surface area contributed by atoms with Gasteiger partial charge in [0.15, 0.2) is 5.84 Å². The van der Waals surface area contributed by atoms with Crippen LogP contribution < -0.4 is 5.32 Å². The number of hydrogen-bond donors (Lipinski definition) is 2. The predicted molar refractivity (Wildman–Crippen MR) is 148 cm³/mol. The van der Waals surface area contributed by atoms with Crippen LogP contribution in [0.1, 0.15) is 81.1 Å². The molecule has 0 saturated carbocycles. The number of allylic oxidation sites excluding steroid dienone is 1. The number of hydrogen-bond acceptors (Lipinski definition) is 9. The quantitative estimate of drug-likeness (QED) is 0.148. The first-order valence-electron chi connectivity index (χ1n) is 13.2. The molecule has 1 fully saturated rings. The van der Waals surface area contributed by atoms with Crippen LogP contribution in [0.2, 0.25) is 0 Å². The molecular formula is C27H42N4O7S. The number of oxime groups is 1. The topological polar surface area (TPSA) is 138 Å². The summed E-state index contributed by atoms with van der Waals surface area (Å²) in [6, 6.07) is -1.91. The van der Waals surface area contributed by atoms with Crippen molar-refractivity contribution in [1.29, 1.82) is 0 Å². The molecule has 11 nitrogen and oxygen atoms in total. The van der Waals surface area contributed by atoms with Crippen LogP contribution in [0.3, 0.4) is 0 Å². The molecule has 218 valence electrons. The van der Waals surface area contributed by atoms with E-state index in [9.17, 15) is 24.4 Å². The molecule has 2 atom stereocenters. The summed E-state index contributed by atoms with van der Waals surface area (Å²) in [7, 11) is 0. The highest BCUT2D eigenvalue weighted by molar-refractivity contribution is 8.06. The molecule has 0 aromatic carbocycles. The Morgan fingerprint density at radius 2 is 1.82 bits per heavy atom. The van der Waals surface area contributed by atoms with E-state index in [1.54, 1.807) is 47.6 Å². The lowest BCUT2D eigenvalue weighted by Crippen LogP contribution is -2.57. The largest absolute Gasteiger partial charge is 0.459 e. The zero-order valence-electron chi connectivity index (χ0n) is 24.2. The summed E-state index contributed by atoms with van der Waals surface area (Å²) < 4.78 is 11.0. The summed E-state index contributed by atoms with van der Waals surface area (Å²) >= 11 is 1.22. The Morgan fingerprint density at radius 1 is 1.18 bits per heavy atom. The first-order valence-corrected chi connectivity index (χ1v) is 14.0. The van der Waals surface area contributed by atoms with Crippen molar-refractivity contribution in [3.63, 3.8) is 0 Å². The molecule has 2 radical (unpaired) electrons. The van der Waals surface area contributed by atoms with Gasteiger partial charge in [0.1, 0.15) is 29.8 Å². The summed E-state index contributed by atoms with van der Waals surface area (Å²) in [6.45, 7) is 13.9. The summed E-state index contributed by atoms with van der Waals surface area (Å²) in [5.41, 5.74) is -1.66. The second-order valence-corrected chi connectivity index (χ2v) is 12.9. The fourth-order valence-electron chi connectivity index (χ4n) is 4.21. The smallest absolute Gasteiger partial charge is 0.411 e. The van der Waals surface area contributed by atoms with Crippen LogP contribution in [0, 0.1) is 11.7 Å². The molecule has 2 rings (SSSR count). The van der Waals surface area contributed by atoms with Crippen molar-refractivity contribution < 1.29 is 33.9 Å². The predicted octanol–water partition coefficient (Wildman–Crippen LogP) is 3.93. The first kappa shape index (κ1) is 32.5. The Bertz CT molecular complexity index is 982. The van der Waals surface area contributed by atoms with E-state index in [0.717, 1.165) is 4.90 Å². The van der Waals surface area contributed by atoms with Gasteiger partial charge in [0, 0.05) is 6.54 Å². The van der Waals surface area contributed by atoms with E-state index in [0.29, 0.717) is 30.7 Å². The van der Waals surface area contributed by atoms with Crippen LogP contribution in [-0.4, -0.2) is 81.1 Å². The number of esters is 1. The van der Waals surface area contributed by atoms with Crippen molar-refractivity contribution in [3.05, 3.63) is 16.7 Å². The molecule has 3 amide bonds. The molecule has 2 heterocycles. The SMILES string of the molecule is CC(C)C[C@H](C(=O)N1CCC[C@H]1C(=O)NC(=NO)C1=CC[C]S1)N(CC(=O)OC(C)(C)C)C(=O)OC(C)(C)C. The van der Waals surface area contributed by atoms with E-state index in [4.69, 9.17) is 9.47 Å². The van der Waals surface area contributed by atoms with Crippen LogP contribution in [0.25, 0.3) is 0 Å². The zero-order chi connectivity index (χ0) is 29.5. The number of nitrogens with one attached hydrogen (secondary N) is 1. The summed E-state index contributed by atoms with van der Waals surface area (Å²) in [6.07, 6.45) is 2.71. The molecule has 0 aromatic heterocycles.